The van der Waals surface area contributed by atoms with Crippen LogP contribution in [-0.4, -0.2) is 87.5 Å². The molecule has 2 fully saturated rings. The van der Waals surface area contributed by atoms with E-state index in [4.69, 9.17) is 4.74 Å². The summed E-state index contributed by atoms with van der Waals surface area (Å²) in [5.74, 6) is -0.673. The molecule has 0 saturated carbocycles. The molecule has 2 aliphatic heterocycles. The Kier molecular flexibility index (Phi) is 8.92. The molecule has 2 amide bonds. The number of halogens is 1. The quantitative estimate of drug-likeness (QED) is 0.594. The first-order valence-electron chi connectivity index (χ1n) is 10.7. The molecule has 0 bridgehead atoms. The Labute approximate surface area is 192 Å². The van der Waals surface area contributed by atoms with Crippen molar-refractivity contribution in [3.8, 4) is 0 Å². The van der Waals surface area contributed by atoms with E-state index in [1.54, 1.807) is 4.90 Å². The molecule has 8 nitrogen and oxygen atoms in total. The van der Waals surface area contributed by atoms with E-state index in [-0.39, 0.29) is 17.7 Å². The molecule has 3 rings (SSSR count). The molecule has 32 heavy (non-hydrogen) atoms. The third-order valence-electron chi connectivity index (χ3n) is 5.81. The molecule has 1 atom stereocenters. The lowest BCUT2D eigenvalue weighted by molar-refractivity contribution is -0.144. The Morgan fingerprint density at radius 2 is 1.81 bits per heavy atom. The molecule has 0 aromatic heterocycles. The van der Waals surface area contributed by atoms with E-state index in [2.05, 4.69) is 4.72 Å². The van der Waals surface area contributed by atoms with Crippen molar-refractivity contribution in [1.29, 1.82) is 0 Å². The Morgan fingerprint density at radius 1 is 1.16 bits per heavy atom. The molecule has 178 valence electrons. The normalized spacial score (nSPS) is 19.1. The molecule has 2 aliphatic rings. The van der Waals surface area contributed by atoms with E-state index >= 15 is 0 Å². The SMILES string of the molecule is CSCCC(NS(=O)(=O)c1ccccc1F)C(=O)N1CCC(C(=O)N2CCOCC2)CC1. The molecule has 2 heterocycles. The van der Waals surface area contributed by atoms with Crippen LogP contribution in [-0.2, 0) is 24.3 Å². The molecule has 1 aromatic rings. The van der Waals surface area contributed by atoms with Crippen LogP contribution in [0.15, 0.2) is 29.2 Å². The largest absolute Gasteiger partial charge is 0.378 e. The Morgan fingerprint density at radius 3 is 2.44 bits per heavy atom. The van der Waals surface area contributed by atoms with Crippen molar-refractivity contribution in [2.24, 2.45) is 5.92 Å². The Bertz CT molecular complexity index is 900. The van der Waals surface area contributed by atoms with Crippen LogP contribution in [0.3, 0.4) is 0 Å². The lowest BCUT2D eigenvalue weighted by Crippen LogP contribution is -2.52. The van der Waals surface area contributed by atoms with Crippen molar-refractivity contribution in [3.05, 3.63) is 30.1 Å². The highest BCUT2D eigenvalue weighted by molar-refractivity contribution is 7.98. The van der Waals surface area contributed by atoms with Gasteiger partial charge in [0.2, 0.25) is 21.8 Å². The van der Waals surface area contributed by atoms with Crippen molar-refractivity contribution in [2.75, 3.05) is 51.4 Å². The summed E-state index contributed by atoms with van der Waals surface area (Å²) in [6.45, 7) is 3.04. The van der Waals surface area contributed by atoms with Crippen LogP contribution >= 0.6 is 11.8 Å². The topological polar surface area (TPSA) is 96.0 Å². The molecule has 0 radical (unpaired) electrons. The molecule has 0 spiro atoms. The molecule has 1 N–H and O–H groups in total. The number of morpholine rings is 1. The average molecular weight is 488 g/mol. The van der Waals surface area contributed by atoms with Crippen LogP contribution in [0.1, 0.15) is 19.3 Å². The number of amides is 2. The molecular formula is C21H30FN3O5S2. The van der Waals surface area contributed by atoms with Gasteiger partial charge < -0.3 is 14.5 Å². The molecule has 2 saturated heterocycles. The van der Waals surface area contributed by atoms with E-state index in [0.29, 0.717) is 64.4 Å². The number of hydrogen-bond donors (Lipinski definition) is 1. The minimum atomic E-state index is -4.20. The first kappa shape index (κ1) is 24.9. The van der Waals surface area contributed by atoms with Gasteiger partial charge in [0.15, 0.2) is 0 Å². The summed E-state index contributed by atoms with van der Waals surface area (Å²) in [5.41, 5.74) is 0. The number of carbonyl (C=O) groups excluding carboxylic acids is 2. The van der Waals surface area contributed by atoms with Gasteiger partial charge in [-0.25, -0.2) is 12.8 Å². The molecule has 1 unspecified atom stereocenters. The smallest absolute Gasteiger partial charge is 0.244 e. The van der Waals surface area contributed by atoms with Gasteiger partial charge in [0.05, 0.1) is 13.2 Å². The number of nitrogens with zero attached hydrogens (tertiary/aromatic N) is 2. The number of piperidine rings is 1. The number of ether oxygens (including phenoxy) is 1. The molecule has 11 heteroatoms. The minimum absolute atomic E-state index is 0.0968. The van der Waals surface area contributed by atoms with Crippen molar-refractivity contribution in [3.63, 3.8) is 0 Å². The summed E-state index contributed by atoms with van der Waals surface area (Å²) in [6.07, 6.45) is 3.24. The number of rotatable bonds is 8. The maximum absolute atomic E-state index is 14.1. The van der Waals surface area contributed by atoms with E-state index in [1.165, 1.54) is 30.0 Å². The third kappa shape index (κ3) is 6.21. The van der Waals surface area contributed by atoms with Crippen LogP contribution in [0.25, 0.3) is 0 Å². The summed E-state index contributed by atoms with van der Waals surface area (Å²) in [5, 5.41) is 0. The number of nitrogens with one attached hydrogen (secondary N) is 1. The maximum Gasteiger partial charge on any atom is 0.244 e. The second kappa shape index (κ2) is 11.4. The first-order chi connectivity index (χ1) is 15.3. The zero-order chi connectivity index (χ0) is 23.1. The standard InChI is InChI=1S/C21H30FN3O5S2/c1-31-15-8-18(23-32(28,29)19-5-3-2-4-17(19)22)21(27)24-9-6-16(7-10-24)20(26)25-11-13-30-14-12-25/h2-5,16,18,23H,6-15H2,1H3. The zero-order valence-electron chi connectivity index (χ0n) is 18.2. The summed E-state index contributed by atoms with van der Waals surface area (Å²) >= 11 is 1.50. The second-order valence-electron chi connectivity index (χ2n) is 7.92. The second-order valence-corrected chi connectivity index (χ2v) is 10.6. The van der Waals surface area contributed by atoms with Gasteiger partial charge in [-0.15, -0.1) is 0 Å². The predicted molar refractivity (Wildman–Crippen MR) is 120 cm³/mol. The summed E-state index contributed by atoms with van der Waals surface area (Å²) in [7, 11) is -4.20. The fraction of sp³-hybridized carbons (Fsp3) is 0.619. The first-order valence-corrected chi connectivity index (χ1v) is 13.6. The average Bonchev–Trinajstić information content (AvgIpc) is 2.81. The fourth-order valence-corrected chi connectivity index (χ4v) is 5.77. The van der Waals surface area contributed by atoms with Crippen molar-refractivity contribution < 1.29 is 27.1 Å². The van der Waals surface area contributed by atoms with Gasteiger partial charge >= 0.3 is 0 Å². The number of benzene rings is 1. The predicted octanol–water partition coefficient (Wildman–Crippen LogP) is 1.32. The van der Waals surface area contributed by atoms with Crippen molar-refractivity contribution in [2.45, 2.75) is 30.2 Å². The Hall–Kier alpha value is -1.69. The number of carbonyl (C=O) groups is 2. The highest BCUT2D eigenvalue weighted by atomic mass is 32.2. The highest BCUT2D eigenvalue weighted by Crippen LogP contribution is 2.22. The van der Waals surface area contributed by atoms with Crippen molar-refractivity contribution >= 4 is 33.6 Å². The molecule has 0 aliphatic carbocycles. The van der Waals surface area contributed by atoms with Gasteiger partial charge in [-0.3, -0.25) is 9.59 Å². The summed E-state index contributed by atoms with van der Waals surface area (Å²) in [6, 6.07) is 4.11. The van der Waals surface area contributed by atoms with E-state index in [1.807, 2.05) is 11.2 Å². The van der Waals surface area contributed by atoms with Crippen LogP contribution in [0.5, 0.6) is 0 Å². The summed E-state index contributed by atoms with van der Waals surface area (Å²) < 4.78 is 47.2. The molecule has 1 aromatic carbocycles. The number of likely N-dealkylation sites (tertiary alicyclic amines) is 1. The van der Waals surface area contributed by atoms with E-state index in [0.717, 1.165) is 6.07 Å². The lowest BCUT2D eigenvalue weighted by atomic mass is 9.94. The van der Waals surface area contributed by atoms with Gasteiger partial charge in [0.25, 0.3) is 0 Å². The minimum Gasteiger partial charge on any atom is -0.378 e. The van der Waals surface area contributed by atoms with E-state index < -0.39 is 26.8 Å². The third-order valence-corrected chi connectivity index (χ3v) is 7.96. The van der Waals surface area contributed by atoms with Gasteiger partial charge in [0.1, 0.15) is 16.8 Å². The van der Waals surface area contributed by atoms with Crippen LogP contribution in [0.4, 0.5) is 4.39 Å². The van der Waals surface area contributed by atoms with E-state index in [9.17, 15) is 22.4 Å². The monoisotopic (exact) mass is 487 g/mol. The van der Waals surface area contributed by atoms with Gasteiger partial charge in [-0.2, -0.15) is 16.5 Å². The van der Waals surface area contributed by atoms with Gasteiger partial charge in [-0.1, -0.05) is 12.1 Å². The van der Waals surface area contributed by atoms with Crippen LogP contribution in [0, 0.1) is 11.7 Å². The fourth-order valence-electron chi connectivity index (χ4n) is 3.99. The van der Waals surface area contributed by atoms with Gasteiger partial charge in [0, 0.05) is 32.1 Å². The number of thioether (sulfide) groups is 1. The maximum atomic E-state index is 14.1. The molecular weight excluding hydrogens is 457 g/mol. The van der Waals surface area contributed by atoms with Gasteiger partial charge in [-0.05, 0) is 43.4 Å². The Balaban J connectivity index is 1.63. The van der Waals surface area contributed by atoms with Crippen molar-refractivity contribution in [1.82, 2.24) is 14.5 Å². The highest BCUT2D eigenvalue weighted by Gasteiger charge is 2.35. The number of sulfonamides is 1. The number of hydrogen-bond acceptors (Lipinski definition) is 6. The lowest BCUT2D eigenvalue weighted by Gasteiger charge is -2.36. The van der Waals surface area contributed by atoms with Crippen LogP contribution < -0.4 is 4.72 Å². The zero-order valence-corrected chi connectivity index (χ0v) is 19.8. The van der Waals surface area contributed by atoms with Crippen LogP contribution in [0.2, 0.25) is 0 Å². The summed E-state index contributed by atoms with van der Waals surface area (Å²) in [4.78, 5) is 28.8.